The number of hydrogen-bond donors (Lipinski definition) is 8. The molecule has 412 valence electrons. The minimum atomic E-state index is -1.85. The van der Waals surface area contributed by atoms with Gasteiger partial charge in [0.2, 0.25) is 0 Å². The normalized spacial score (nSPS) is 46.1. The van der Waals surface area contributed by atoms with Crippen LogP contribution in [0.2, 0.25) is 0 Å². The molecule has 17 heteroatoms. The maximum absolute atomic E-state index is 13.5. The van der Waals surface area contributed by atoms with Gasteiger partial charge in [-0.1, -0.05) is 98.4 Å². The van der Waals surface area contributed by atoms with E-state index in [-0.39, 0.29) is 43.4 Å². The van der Waals surface area contributed by atoms with Crippen LogP contribution in [0.1, 0.15) is 122 Å². The van der Waals surface area contributed by atoms with Gasteiger partial charge in [-0.05, 0) is 46.6 Å². The van der Waals surface area contributed by atoms with E-state index in [1.807, 2.05) is 60.6 Å². The first kappa shape index (κ1) is 60.3. The van der Waals surface area contributed by atoms with E-state index in [9.17, 15) is 45.6 Å². The summed E-state index contributed by atoms with van der Waals surface area (Å²) in [6, 6.07) is 0. The molecule has 8 N–H and O–H groups in total. The Morgan fingerprint density at radius 3 is 1.40 bits per heavy atom. The van der Waals surface area contributed by atoms with Crippen LogP contribution in [-0.4, -0.2) is 156 Å². The fourth-order valence-electron chi connectivity index (χ4n) is 11.7. The summed E-state index contributed by atoms with van der Waals surface area (Å²) in [4.78, 5) is 13.5. The van der Waals surface area contributed by atoms with Crippen LogP contribution in [0.4, 0.5) is 0 Å². The van der Waals surface area contributed by atoms with E-state index in [1.54, 1.807) is 65.0 Å². The lowest BCUT2D eigenvalue weighted by Crippen LogP contribution is -2.59. The van der Waals surface area contributed by atoms with Gasteiger partial charge in [0.1, 0.15) is 30.2 Å². The Hall–Kier alpha value is -2.59. The molecule has 4 fully saturated rings. The van der Waals surface area contributed by atoms with Gasteiger partial charge in [0.05, 0.1) is 61.0 Å². The number of cyclic esters (lactones) is 1. The first-order valence-electron chi connectivity index (χ1n) is 26.5. The standard InChI is InChI=1S/C55H90O17/c1-14-39-35(10)71-54(63,26-43(39)68-46-24-41(56)50(61)37(12)66-46)33(8)48(59)31(6)52-28(3)21-17-19-23-45(58)70-53(29(4)20-16-18-22-30(5)65-52)32(7)49(60)34(9)55(64)27-44(40(15-2)36(11)72-55)69-47-25-42(57)51(62)38(13)67-47/h16-23,28-29,31-44,46-53,56-57,59-64H,5,14-15,24-27H2,1-4,6-13H3/b20-16+,21-17+,22-18+,23-19+/t28-,29-,31-,32+,33-,34-,35+,36+,37-,38-,39+,40+,41-,42-,43+,44+,46-,47-,48+,49+,50+,51+,52-,53-,54+,55+/m0/s1. The predicted octanol–water partition coefficient (Wildman–Crippen LogP) is 5.10. The Morgan fingerprint density at radius 2 is 1.01 bits per heavy atom. The third-order valence-electron chi connectivity index (χ3n) is 16.6. The van der Waals surface area contributed by atoms with Crippen LogP contribution in [0.3, 0.4) is 0 Å². The van der Waals surface area contributed by atoms with E-state index in [2.05, 4.69) is 6.58 Å². The van der Waals surface area contributed by atoms with Gasteiger partial charge < -0.3 is 78.7 Å². The molecule has 4 saturated heterocycles. The molecule has 5 aliphatic rings. The number of carbonyl (C=O) groups excluding carboxylic acids is 1. The number of aliphatic hydroxyl groups is 8. The molecule has 0 unspecified atom stereocenters. The van der Waals surface area contributed by atoms with Crippen LogP contribution < -0.4 is 0 Å². The number of rotatable bonds is 14. The zero-order chi connectivity index (χ0) is 53.6. The third kappa shape index (κ3) is 14.5. The molecule has 0 spiro atoms. The Labute approximate surface area is 427 Å². The van der Waals surface area contributed by atoms with Crippen molar-refractivity contribution < 1.29 is 83.5 Å². The van der Waals surface area contributed by atoms with Gasteiger partial charge in [-0.25, -0.2) is 4.79 Å². The molecule has 0 aromatic heterocycles. The SMILES string of the molecule is C=C1/C=C/C=C/[C@H](C)[C@@H]([C@H](C)[C@@H](O)[C@H](C)[C@@]2(O)C[C@@H](O[C@H]3C[C@H](O)[C@H](O)[C@H](C)O3)[C@H](CC)[C@@H](C)O2)OC(=O)/C=C/C=C/[C@H](C)[C@@H]([C@@H](C)[C@@H](O)[C@H](C)[C@@]2(O)C[C@@H](O[C@H]3C[C@H](O)[C@H](O)[C@H](C)O3)[C@H](CC)[C@@H](C)O2)O1. The Bertz CT molecular complexity index is 1700. The molecule has 5 heterocycles. The lowest BCUT2D eigenvalue weighted by molar-refractivity contribution is -0.345. The summed E-state index contributed by atoms with van der Waals surface area (Å²) in [5, 5.41) is 89.8. The van der Waals surface area contributed by atoms with Crippen LogP contribution in [0, 0.1) is 47.3 Å². The predicted molar refractivity (Wildman–Crippen MR) is 267 cm³/mol. The molecule has 5 aliphatic heterocycles. The molecular weight excluding hydrogens is 933 g/mol. The minimum absolute atomic E-state index is 0.00272. The van der Waals surface area contributed by atoms with E-state index in [4.69, 9.17) is 37.9 Å². The van der Waals surface area contributed by atoms with Crippen molar-refractivity contribution in [2.45, 2.75) is 231 Å². The largest absolute Gasteiger partial charge is 0.490 e. The molecule has 17 nitrogen and oxygen atoms in total. The van der Waals surface area contributed by atoms with Crippen molar-refractivity contribution >= 4 is 5.97 Å². The minimum Gasteiger partial charge on any atom is -0.490 e. The zero-order valence-electron chi connectivity index (χ0n) is 44.7. The lowest BCUT2D eigenvalue weighted by Gasteiger charge is -2.50. The van der Waals surface area contributed by atoms with Gasteiger partial charge >= 0.3 is 5.97 Å². The van der Waals surface area contributed by atoms with E-state index >= 15 is 0 Å². The van der Waals surface area contributed by atoms with Crippen LogP contribution in [-0.2, 0) is 42.7 Å². The van der Waals surface area contributed by atoms with Crippen LogP contribution in [0.5, 0.6) is 0 Å². The van der Waals surface area contributed by atoms with Crippen molar-refractivity contribution in [1.29, 1.82) is 0 Å². The van der Waals surface area contributed by atoms with Crippen molar-refractivity contribution in [3.63, 3.8) is 0 Å². The smallest absolute Gasteiger partial charge is 0.331 e. The quantitative estimate of drug-likeness (QED) is 0.105. The van der Waals surface area contributed by atoms with Crippen molar-refractivity contribution in [2.75, 3.05) is 0 Å². The summed E-state index contributed by atoms with van der Waals surface area (Å²) in [5.41, 5.74) is 0. The van der Waals surface area contributed by atoms with Gasteiger partial charge in [0, 0.05) is 79.1 Å². The van der Waals surface area contributed by atoms with E-state index < -0.39 is 145 Å². The van der Waals surface area contributed by atoms with Gasteiger partial charge in [-0.2, -0.15) is 0 Å². The molecule has 0 aliphatic carbocycles. The van der Waals surface area contributed by atoms with Crippen molar-refractivity contribution in [3.8, 4) is 0 Å². The number of carbonyl (C=O) groups is 1. The van der Waals surface area contributed by atoms with Gasteiger partial charge in [0.15, 0.2) is 24.2 Å². The van der Waals surface area contributed by atoms with Gasteiger partial charge in [-0.3, -0.25) is 0 Å². The van der Waals surface area contributed by atoms with E-state index in [0.717, 1.165) is 0 Å². The van der Waals surface area contributed by atoms with E-state index in [1.165, 1.54) is 6.08 Å². The zero-order valence-corrected chi connectivity index (χ0v) is 44.7. The summed E-state index contributed by atoms with van der Waals surface area (Å²) >= 11 is 0. The molecule has 0 aromatic rings. The molecule has 0 amide bonds. The fraction of sp³-hybridized carbons (Fsp3) is 0.800. The number of ether oxygens (including phenoxy) is 8. The topological polar surface area (TPSA) is 253 Å². The Balaban J connectivity index is 1.28. The molecule has 0 radical (unpaired) electrons. The van der Waals surface area contributed by atoms with E-state index in [0.29, 0.717) is 18.6 Å². The highest BCUT2D eigenvalue weighted by Crippen LogP contribution is 2.45. The van der Waals surface area contributed by atoms with Crippen molar-refractivity contribution in [2.24, 2.45) is 47.3 Å². The Morgan fingerprint density at radius 1 is 0.625 bits per heavy atom. The summed E-state index contributed by atoms with van der Waals surface area (Å²) in [7, 11) is 0. The van der Waals surface area contributed by atoms with Crippen molar-refractivity contribution in [1.82, 2.24) is 0 Å². The molecule has 0 aromatic carbocycles. The highest BCUT2D eigenvalue weighted by molar-refractivity contribution is 5.82. The summed E-state index contributed by atoms with van der Waals surface area (Å²) in [5.74, 6) is -8.09. The lowest BCUT2D eigenvalue weighted by atomic mass is 9.76. The number of allylic oxidation sites excluding steroid dienone is 5. The summed E-state index contributed by atoms with van der Waals surface area (Å²) in [6.07, 6.45) is 1.83. The number of esters is 1. The average Bonchev–Trinajstić information content (AvgIpc) is 3.31. The molecule has 26 atom stereocenters. The van der Waals surface area contributed by atoms with Crippen LogP contribution >= 0.6 is 0 Å². The summed E-state index contributed by atoms with van der Waals surface area (Å²) < 4.78 is 49.7. The number of hydrogen-bond acceptors (Lipinski definition) is 17. The maximum atomic E-state index is 13.5. The van der Waals surface area contributed by atoms with Crippen molar-refractivity contribution in [3.05, 3.63) is 60.9 Å². The second kappa shape index (κ2) is 26.0. The first-order valence-corrected chi connectivity index (χ1v) is 26.5. The molecule has 5 rings (SSSR count). The van der Waals surface area contributed by atoms with Gasteiger partial charge in [-0.15, -0.1) is 0 Å². The maximum Gasteiger partial charge on any atom is 0.331 e. The highest BCUT2D eigenvalue weighted by Gasteiger charge is 2.54. The average molecular weight is 1020 g/mol. The molecule has 0 bridgehead atoms. The second-order valence-electron chi connectivity index (χ2n) is 21.8. The van der Waals surface area contributed by atoms with Crippen LogP contribution in [0.25, 0.3) is 0 Å². The van der Waals surface area contributed by atoms with Crippen LogP contribution in [0.15, 0.2) is 60.9 Å². The molecule has 0 saturated carbocycles. The second-order valence-corrected chi connectivity index (χ2v) is 21.8. The monoisotopic (exact) mass is 1020 g/mol. The third-order valence-corrected chi connectivity index (χ3v) is 16.6. The fourth-order valence-corrected chi connectivity index (χ4v) is 11.7. The summed E-state index contributed by atoms with van der Waals surface area (Å²) in [6.45, 7) is 26.0. The van der Waals surface area contributed by atoms with Gasteiger partial charge in [0.25, 0.3) is 0 Å². The molecule has 72 heavy (non-hydrogen) atoms. The molecular formula is C55H90O17. The number of aliphatic hydroxyl groups excluding tert-OH is 6. The highest BCUT2D eigenvalue weighted by atomic mass is 16.7. The Kier molecular flexibility index (Phi) is 21.7. The first-order chi connectivity index (χ1) is 33.7.